The molecule has 0 N–H and O–H groups in total. The minimum atomic E-state index is -0.254. The summed E-state index contributed by atoms with van der Waals surface area (Å²) in [6.07, 6.45) is 2.18. The number of pyridine rings is 1. The number of rotatable bonds is 2. The first-order chi connectivity index (χ1) is 8.52. The van der Waals surface area contributed by atoms with Crippen LogP contribution in [0.5, 0.6) is 0 Å². The average Bonchev–Trinajstić information content (AvgIpc) is 2.27. The molecule has 2 rings (SSSR count). The number of ether oxygens (including phenoxy) is 1. The van der Waals surface area contributed by atoms with Crippen molar-refractivity contribution in [2.75, 3.05) is 6.61 Å². The predicted octanol–water partition coefficient (Wildman–Crippen LogP) is 3.25. The summed E-state index contributed by atoms with van der Waals surface area (Å²) in [5, 5.41) is 0. The van der Waals surface area contributed by atoms with E-state index in [0.29, 0.717) is 24.0 Å². The van der Waals surface area contributed by atoms with Crippen molar-refractivity contribution >= 4 is 5.97 Å². The van der Waals surface area contributed by atoms with Crippen molar-refractivity contribution in [2.24, 2.45) is 5.92 Å². The Labute approximate surface area is 109 Å². The topological polar surface area (TPSA) is 39.2 Å². The maximum atomic E-state index is 11.9. The zero-order valence-electron chi connectivity index (χ0n) is 11.6. The summed E-state index contributed by atoms with van der Waals surface area (Å²) in [4.78, 5) is 16.5. The molecular formula is C15H21NO2. The molecule has 0 amide bonds. The van der Waals surface area contributed by atoms with Gasteiger partial charge in [-0.25, -0.2) is 4.79 Å². The molecule has 0 radical (unpaired) electrons. The summed E-state index contributed by atoms with van der Waals surface area (Å²) in [7, 11) is 0. The van der Waals surface area contributed by atoms with Gasteiger partial charge in [-0.3, -0.25) is 4.98 Å². The van der Waals surface area contributed by atoms with E-state index >= 15 is 0 Å². The fourth-order valence-electron chi connectivity index (χ4n) is 2.82. The van der Waals surface area contributed by atoms with Crippen LogP contribution in [0.3, 0.4) is 0 Å². The number of carbonyl (C=O) groups excluding carboxylic acids is 1. The Morgan fingerprint density at radius 3 is 2.89 bits per heavy atom. The summed E-state index contributed by atoms with van der Waals surface area (Å²) in [5.41, 5.74) is 3.79. The van der Waals surface area contributed by atoms with Crippen LogP contribution in [-0.4, -0.2) is 17.6 Å². The van der Waals surface area contributed by atoms with Gasteiger partial charge in [0.25, 0.3) is 0 Å². The van der Waals surface area contributed by atoms with Crippen LogP contribution < -0.4 is 0 Å². The van der Waals surface area contributed by atoms with Crippen LogP contribution in [0.25, 0.3) is 0 Å². The van der Waals surface area contributed by atoms with Gasteiger partial charge in [0.2, 0.25) is 0 Å². The molecule has 0 aromatic carbocycles. The van der Waals surface area contributed by atoms with Gasteiger partial charge in [-0.2, -0.15) is 0 Å². The Balaban J connectivity index is 2.41. The molecule has 1 aromatic rings. The van der Waals surface area contributed by atoms with Crippen LogP contribution in [0, 0.1) is 12.8 Å². The highest BCUT2D eigenvalue weighted by atomic mass is 16.5. The van der Waals surface area contributed by atoms with Crippen LogP contribution in [0.1, 0.15) is 60.4 Å². The van der Waals surface area contributed by atoms with Crippen molar-refractivity contribution in [3.8, 4) is 0 Å². The van der Waals surface area contributed by atoms with Gasteiger partial charge in [-0.15, -0.1) is 0 Å². The predicted molar refractivity (Wildman–Crippen MR) is 70.8 cm³/mol. The third kappa shape index (κ3) is 2.40. The Morgan fingerprint density at radius 1 is 1.50 bits per heavy atom. The summed E-state index contributed by atoms with van der Waals surface area (Å²) < 4.78 is 5.08. The molecule has 2 unspecified atom stereocenters. The second-order valence-electron chi connectivity index (χ2n) is 5.32. The first-order valence-electron chi connectivity index (χ1n) is 6.70. The van der Waals surface area contributed by atoms with E-state index in [4.69, 9.17) is 4.74 Å². The van der Waals surface area contributed by atoms with E-state index in [1.54, 1.807) is 0 Å². The van der Waals surface area contributed by atoms with E-state index in [2.05, 4.69) is 18.8 Å². The van der Waals surface area contributed by atoms with Crippen molar-refractivity contribution in [3.63, 3.8) is 0 Å². The lowest BCUT2D eigenvalue weighted by Crippen LogP contribution is -2.19. The van der Waals surface area contributed by atoms with E-state index in [-0.39, 0.29) is 5.97 Å². The highest BCUT2D eigenvalue weighted by Gasteiger charge is 2.25. The van der Waals surface area contributed by atoms with Gasteiger partial charge in [0.1, 0.15) is 0 Å². The molecule has 3 nitrogen and oxygen atoms in total. The van der Waals surface area contributed by atoms with Gasteiger partial charge in [-0.05, 0) is 50.2 Å². The SMILES string of the molecule is CCOC(=O)c1cc2c(nc1C)CC(C)CC2C. The van der Waals surface area contributed by atoms with Gasteiger partial charge in [0, 0.05) is 5.69 Å². The van der Waals surface area contributed by atoms with Gasteiger partial charge >= 0.3 is 5.97 Å². The number of esters is 1. The fraction of sp³-hybridized carbons (Fsp3) is 0.600. The molecule has 0 spiro atoms. The molecule has 3 heteroatoms. The summed E-state index contributed by atoms with van der Waals surface area (Å²) in [6.45, 7) is 8.58. The first kappa shape index (κ1) is 13.1. The molecule has 0 saturated carbocycles. The van der Waals surface area contributed by atoms with Crippen LogP contribution in [0.2, 0.25) is 0 Å². The molecule has 1 heterocycles. The second-order valence-corrected chi connectivity index (χ2v) is 5.32. The van der Waals surface area contributed by atoms with Crippen LogP contribution in [0.15, 0.2) is 6.07 Å². The number of fused-ring (bicyclic) bond motifs is 1. The number of hydrogen-bond donors (Lipinski definition) is 0. The number of hydrogen-bond acceptors (Lipinski definition) is 3. The molecule has 0 fully saturated rings. The Hall–Kier alpha value is -1.38. The van der Waals surface area contributed by atoms with Crippen LogP contribution >= 0.6 is 0 Å². The van der Waals surface area contributed by atoms with Crippen LogP contribution in [0.4, 0.5) is 0 Å². The van der Waals surface area contributed by atoms with Crippen molar-refractivity contribution in [1.29, 1.82) is 0 Å². The van der Waals surface area contributed by atoms with E-state index in [9.17, 15) is 4.79 Å². The Bertz CT molecular complexity index is 468. The second kappa shape index (κ2) is 5.09. The summed E-state index contributed by atoms with van der Waals surface area (Å²) in [5.74, 6) is 0.897. The zero-order valence-corrected chi connectivity index (χ0v) is 11.6. The maximum absolute atomic E-state index is 11.9. The van der Waals surface area contributed by atoms with Crippen LogP contribution in [-0.2, 0) is 11.2 Å². The lowest BCUT2D eigenvalue weighted by atomic mass is 9.80. The quantitative estimate of drug-likeness (QED) is 0.753. The molecule has 2 atom stereocenters. The fourth-order valence-corrected chi connectivity index (χ4v) is 2.82. The number of aryl methyl sites for hydroxylation is 1. The summed E-state index contributed by atoms with van der Waals surface area (Å²) in [6, 6.07) is 1.99. The third-order valence-corrected chi connectivity index (χ3v) is 3.65. The third-order valence-electron chi connectivity index (χ3n) is 3.65. The lowest BCUT2D eigenvalue weighted by Gasteiger charge is -2.27. The Kier molecular flexibility index (Phi) is 3.69. The molecule has 0 saturated heterocycles. The molecule has 1 aliphatic carbocycles. The minimum Gasteiger partial charge on any atom is -0.462 e. The van der Waals surface area contributed by atoms with Gasteiger partial charge in [0.05, 0.1) is 17.9 Å². The first-order valence-corrected chi connectivity index (χ1v) is 6.70. The van der Waals surface area contributed by atoms with Gasteiger partial charge < -0.3 is 4.74 Å². The molecule has 0 bridgehead atoms. The normalized spacial score (nSPS) is 22.4. The molecule has 98 valence electrons. The number of carbonyl (C=O) groups is 1. The van der Waals surface area contributed by atoms with Crippen molar-refractivity contribution in [3.05, 3.63) is 28.6 Å². The standard InChI is InChI=1S/C15H21NO2/c1-5-18-15(17)13-8-12-10(3)6-9(2)7-14(12)16-11(13)4/h8-10H,5-7H2,1-4H3. The molecule has 0 aliphatic heterocycles. The van der Waals surface area contributed by atoms with Gasteiger partial charge in [0.15, 0.2) is 0 Å². The monoisotopic (exact) mass is 247 g/mol. The van der Waals surface area contributed by atoms with E-state index in [1.165, 1.54) is 12.0 Å². The van der Waals surface area contributed by atoms with E-state index < -0.39 is 0 Å². The smallest absolute Gasteiger partial charge is 0.339 e. The largest absolute Gasteiger partial charge is 0.462 e. The van der Waals surface area contributed by atoms with E-state index in [0.717, 1.165) is 17.8 Å². The van der Waals surface area contributed by atoms with Crippen molar-refractivity contribution in [1.82, 2.24) is 4.98 Å². The number of aromatic nitrogens is 1. The highest BCUT2D eigenvalue weighted by molar-refractivity contribution is 5.90. The molecule has 1 aliphatic rings. The van der Waals surface area contributed by atoms with Crippen molar-refractivity contribution < 1.29 is 9.53 Å². The highest BCUT2D eigenvalue weighted by Crippen LogP contribution is 2.34. The molecule has 18 heavy (non-hydrogen) atoms. The molecule has 1 aromatic heterocycles. The lowest BCUT2D eigenvalue weighted by molar-refractivity contribution is 0.0524. The van der Waals surface area contributed by atoms with E-state index in [1.807, 2.05) is 19.9 Å². The average molecular weight is 247 g/mol. The maximum Gasteiger partial charge on any atom is 0.339 e. The zero-order chi connectivity index (χ0) is 13.3. The Morgan fingerprint density at radius 2 is 2.22 bits per heavy atom. The molecular weight excluding hydrogens is 226 g/mol. The summed E-state index contributed by atoms with van der Waals surface area (Å²) >= 11 is 0. The van der Waals surface area contributed by atoms with Gasteiger partial charge in [-0.1, -0.05) is 13.8 Å². The van der Waals surface area contributed by atoms with Crippen molar-refractivity contribution in [2.45, 2.75) is 46.5 Å². The minimum absolute atomic E-state index is 0.254. The number of nitrogens with zero attached hydrogens (tertiary/aromatic N) is 1.